The molecule has 0 bridgehead atoms. The van der Waals surface area contributed by atoms with Gasteiger partial charge in [-0.3, -0.25) is 9.69 Å². The molecule has 0 radical (unpaired) electrons. The SMILES string of the molecule is C[C@@H](C(=O)O)N(C(=O)CCS)c1ccccc1. The third kappa shape index (κ3) is 3.49. The zero-order chi connectivity index (χ0) is 12.8. The van der Waals surface area contributed by atoms with Gasteiger partial charge in [0.25, 0.3) is 0 Å². The van der Waals surface area contributed by atoms with Crippen molar-refractivity contribution in [2.24, 2.45) is 0 Å². The highest BCUT2D eigenvalue weighted by molar-refractivity contribution is 7.80. The van der Waals surface area contributed by atoms with Crippen molar-refractivity contribution in [3.8, 4) is 0 Å². The summed E-state index contributed by atoms with van der Waals surface area (Å²) in [6.07, 6.45) is 0.218. The number of benzene rings is 1. The number of aliphatic carboxylic acids is 1. The monoisotopic (exact) mass is 253 g/mol. The lowest BCUT2D eigenvalue weighted by atomic mass is 10.2. The molecule has 1 atom stereocenters. The van der Waals surface area contributed by atoms with Crippen LogP contribution in [-0.2, 0) is 9.59 Å². The molecule has 17 heavy (non-hydrogen) atoms. The zero-order valence-electron chi connectivity index (χ0n) is 9.54. The molecule has 0 unspecified atom stereocenters. The predicted octanol–water partition coefficient (Wildman–Crippen LogP) is 1.81. The Labute approximate surface area is 106 Å². The number of nitrogens with zero attached hydrogens (tertiary/aromatic N) is 1. The van der Waals surface area contributed by atoms with Crippen molar-refractivity contribution in [2.45, 2.75) is 19.4 Å². The molecule has 0 saturated heterocycles. The topological polar surface area (TPSA) is 57.6 Å². The second-order valence-electron chi connectivity index (χ2n) is 3.59. The number of carbonyl (C=O) groups is 2. The summed E-state index contributed by atoms with van der Waals surface area (Å²) in [6, 6.07) is 7.90. The Hall–Kier alpha value is -1.49. The van der Waals surface area contributed by atoms with Gasteiger partial charge in [0.2, 0.25) is 5.91 Å². The van der Waals surface area contributed by atoms with Gasteiger partial charge in [-0.2, -0.15) is 12.6 Å². The summed E-state index contributed by atoms with van der Waals surface area (Å²) in [7, 11) is 0. The highest BCUT2D eigenvalue weighted by atomic mass is 32.1. The van der Waals surface area contributed by atoms with Gasteiger partial charge in [0.15, 0.2) is 0 Å². The summed E-state index contributed by atoms with van der Waals surface area (Å²) < 4.78 is 0. The Morgan fingerprint density at radius 1 is 1.35 bits per heavy atom. The number of carboxylic acid groups (broad SMARTS) is 1. The number of amides is 1. The maximum Gasteiger partial charge on any atom is 0.326 e. The van der Waals surface area contributed by atoms with E-state index in [9.17, 15) is 9.59 Å². The summed E-state index contributed by atoms with van der Waals surface area (Å²) in [5.41, 5.74) is 0.592. The van der Waals surface area contributed by atoms with Crippen molar-refractivity contribution in [1.29, 1.82) is 0 Å². The molecule has 0 aliphatic rings. The average Bonchev–Trinajstić information content (AvgIpc) is 2.31. The molecule has 0 fully saturated rings. The third-order valence-corrected chi connectivity index (χ3v) is 2.60. The van der Waals surface area contributed by atoms with Crippen LogP contribution >= 0.6 is 12.6 Å². The van der Waals surface area contributed by atoms with E-state index in [2.05, 4.69) is 12.6 Å². The fourth-order valence-corrected chi connectivity index (χ4v) is 1.69. The number of carbonyl (C=O) groups excluding carboxylic acids is 1. The molecule has 0 saturated carbocycles. The van der Waals surface area contributed by atoms with Crippen molar-refractivity contribution in [1.82, 2.24) is 0 Å². The van der Waals surface area contributed by atoms with E-state index in [0.29, 0.717) is 11.4 Å². The van der Waals surface area contributed by atoms with E-state index in [1.807, 2.05) is 6.07 Å². The summed E-state index contributed by atoms with van der Waals surface area (Å²) in [6.45, 7) is 1.49. The number of para-hydroxylation sites is 1. The molecule has 1 rings (SSSR count). The minimum Gasteiger partial charge on any atom is -0.480 e. The van der Waals surface area contributed by atoms with Gasteiger partial charge in [0, 0.05) is 12.1 Å². The van der Waals surface area contributed by atoms with Crippen molar-refractivity contribution >= 4 is 30.2 Å². The number of hydrogen-bond acceptors (Lipinski definition) is 3. The molecule has 4 nitrogen and oxygen atoms in total. The highest BCUT2D eigenvalue weighted by Crippen LogP contribution is 2.18. The van der Waals surface area contributed by atoms with Crippen LogP contribution < -0.4 is 4.90 Å². The molecule has 1 amide bonds. The van der Waals surface area contributed by atoms with E-state index in [0.717, 1.165) is 0 Å². The van der Waals surface area contributed by atoms with Crippen molar-refractivity contribution < 1.29 is 14.7 Å². The van der Waals surface area contributed by atoms with E-state index in [1.165, 1.54) is 11.8 Å². The van der Waals surface area contributed by atoms with Crippen LogP contribution in [0, 0.1) is 0 Å². The van der Waals surface area contributed by atoms with Crippen LogP contribution in [0.2, 0.25) is 0 Å². The van der Waals surface area contributed by atoms with Crippen LogP contribution in [0.3, 0.4) is 0 Å². The van der Waals surface area contributed by atoms with Gasteiger partial charge < -0.3 is 5.11 Å². The van der Waals surface area contributed by atoms with Gasteiger partial charge in [-0.25, -0.2) is 4.79 Å². The van der Waals surface area contributed by atoms with Crippen LogP contribution in [0.5, 0.6) is 0 Å². The minimum atomic E-state index is -1.03. The number of rotatable bonds is 5. The highest BCUT2D eigenvalue weighted by Gasteiger charge is 2.26. The average molecular weight is 253 g/mol. The van der Waals surface area contributed by atoms with Gasteiger partial charge >= 0.3 is 5.97 Å². The summed E-state index contributed by atoms with van der Waals surface area (Å²) >= 11 is 3.99. The first-order chi connectivity index (χ1) is 8.07. The van der Waals surface area contributed by atoms with Crippen LogP contribution in [0.1, 0.15) is 13.3 Å². The predicted molar refractivity (Wildman–Crippen MR) is 69.5 cm³/mol. The molecule has 1 aromatic carbocycles. The molecular weight excluding hydrogens is 238 g/mol. The fourth-order valence-electron chi connectivity index (χ4n) is 1.50. The molecule has 5 heteroatoms. The Morgan fingerprint density at radius 3 is 2.41 bits per heavy atom. The van der Waals surface area contributed by atoms with E-state index in [-0.39, 0.29) is 12.3 Å². The van der Waals surface area contributed by atoms with Crippen LogP contribution in [0.15, 0.2) is 30.3 Å². The lowest BCUT2D eigenvalue weighted by molar-refractivity contribution is -0.139. The van der Waals surface area contributed by atoms with E-state index in [1.54, 1.807) is 24.3 Å². The normalized spacial score (nSPS) is 11.9. The lowest BCUT2D eigenvalue weighted by Gasteiger charge is -2.26. The second kappa shape index (κ2) is 6.30. The maximum atomic E-state index is 11.9. The van der Waals surface area contributed by atoms with Crippen molar-refractivity contribution in [2.75, 3.05) is 10.7 Å². The standard InChI is InChI=1S/C12H15NO3S/c1-9(12(15)16)13(11(14)7-8-17)10-5-3-2-4-6-10/h2-6,9,17H,7-8H2,1H3,(H,15,16)/t9-/m0/s1. The van der Waals surface area contributed by atoms with Gasteiger partial charge in [-0.05, 0) is 24.8 Å². The molecule has 1 aromatic rings. The Bertz CT molecular complexity index is 394. The smallest absolute Gasteiger partial charge is 0.326 e. The molecule has 0 aliphatic carbocycles. The third-order valence-electron chi connectivity index (χ3n) is 2.37. The quantitative estimate of drug-likeness (QED) is 0.787. The van der Waals surface area contributed by atoms with Gasteiger partial charge in [0.05, 0.1) is 0 Å². The lowest BCUT2D eigenvalue weighted by Crippen LogP contribution is -2.43. The van der Waals surface area contributed by atoms with E-state index < -0.39 is 12.0 Å². The number of anilines is 1. The molecule has 0 spiro atoms. The minimum absolute atomic E-state index is 0.218. The Balaban J connectivity index is 3.02. The number of thiol groups is 1. The second-order valence-corrected chi connectivity index (χ2v) is 4.03. The molecule has 92 valence electrons. The molecular formula is C12H15NO3S. The van der Waals surface area contributed by atoms with E-state index in [4.69, 9.17) is 5.11 Å². The molecule has 0 heterocycles. The van der Waals surface area contributed by atoms with Gasteiger partial charge in [0.1, 0.15) is 6.04 Å². The zero-order valence-corrected chi connectivity index (χ0v) is 10.4. The maximum absolute atomic E-state index is 11.9. The largest absolute Gasteiger partial charge is 0.480 e. The summed E-state index contributed by atoms with van der Waals surface area (Å²) in [4.78, 5) is 24.2. The first-order valence-corrected chi connectivity index (χ1v) is 5.92. The van der Waals surface area contributed by atoms with E-state index >= 15 is 0 Å². The van der Waals surface area contributed by atoms with Crippen LogP contribution in [0.25, 0.3) is 0 Å². The molecule has 1 N–H and O–H groups in total. The fraction of sp³-hybridized carbons (Fsp3) is 0.333. The van der Waals surface area contributed by atoms with Crippen LogP contribution in [-0.4, -0.2) is 28.8 Å². The number of hydrogen-bond donors (Lipinski definition) is 2. The number of carboxylic acids is 1. The molecule has 0 aromatic heterocycles. The Morgan fingerprint density at radius 2 is 1.94 bits per heavy atom. The molecule has 0 aliphatic heterocycles. The van der Waals surface area contributed by atoms with Gasteiger partial charge in [-0.15, -0.1) is 0 Å². The first-order valence-electron chi connectivity index (χ1n) is 5.28. The van der Waals surface area contributed by atoms with Crippen molar-refractivity contribution in [3.63, 3.8) is 0 Å². The summed E-state index contributed by atoms with van der Waals surface area (Å²) in [5.74, 6) is -0.864. The van der Waals surface area contributed by atoms with Crippen molar-refractivity contribution in [3.05, 3.63) is 30.3 Å². The van der Waals surface area contributed by atoms with Gasteiger partial charge in [-0.1, -0.05) is 18.2 Å². The summed E-state index contributed by atoms with van der Waals surface area (Å²) in [5, 5.41) is 9.02. The van der Waals surface area contributed by atoms with Crippen LogP contribution in [0.4, 0.5) is 5.69 Å². The Kier molecular flexibility index (Phi) is 5.03. The first kappa shape index (κ1) is 13.6.